The zero-order chi connectivity index (χ0) is 20.1. The number of hydrogen-bond acceptors (Lipinski definition) is 3. The minimum absolute atomic E-state index is 0.133. The summed E-state index contributed by atoms with van der Waals surface area (Å²) >= 11 is 1.54. The first kappa shape index (κ1) is 17.4. The van der Waals surface area contributed by atoms with Crippen LogP contribution in [0.2, 0.25) is 0 Å². The number of nitrogens with zero attached hydrogens (tertiary/aromatic N) is 1. The lowest BCUT2D eigenvalue weighted by molar-refractivity contribution is 0.102. The number of aromatic nitrogens is 1. The van der Waals surface area contributed by atoms with Crippen molar-refractivity contribution in [3.05, 3.63) is 95.6 Å². The number of aryl methyl sites for hydroxylation is 2. The minimum Gasteiger partial charge on any atom is -0.298 e. The molecule has 0 unspecified atom stereocenters. The highest BCUT2D eigenvalue weighted by molar-refractivity contribution is 7.22. The van der Waals surface area contributed by atoms with Gasteiger partial charge < -0.3 is 0 Å². The fraction of sp³-hybridized carbons (Fsp3) is 0.0769. The molecule has 0 spiro atoms. The number of thiazole rings is 1. The van der Waals surface area contributed by atoms with E-state index in [1.807, 2.05) is 42.5 Å². The van der Waals surface area contributed by atoms with Crippen LogP contribution >= 0.6 is 11.3 Å². The first-order valence-corrected chi connectivity index (χ1v) is 10.9. The summed E-state index contributed by atoms with van der Waals surface area (Å²) in [5.74, 6) is -0.133. The smallest absolute Gasteiger partial charge is 0.257 e. The molecule has 5 aromatic rings. The average Bonchev–Trinajstić information content (AvgIpc) is 3.40. The summed E-state index contributed by atoms with van der Waals surface area (Å²) in [7, 11) is 0. The number of amides is 1. The fourth-order valence-corrected chi connectivity index (χ4v) is 5.31. The second-order valence-corrected chi connectivity index (χ2v) is 8.67. The van der Waals surface area contributed by atoms with Gasteiger partial charge in [-0.25, -0.2) is 4.98 Å². The first-order chi connectivity index (χ1) is 14.8. The largest absolute Gasteiger partial charge is 0.298 e. The van der Waals surface area contributed by atoms with Crippen molar-refractivity contribution < 1.29 is 4.79 Å². The van der Waals surface area contributed by atoms with Crippen LogP contribution in [-0.4, -0.2) is 10.9 Å². The van der Waals surface area contributed by atoms with Gasteiger partial charge in [0.15, 0.2) is 5.13 Å². The van der Waals surface area contributed by atoms with Gasteiger partial charge in [-0.15, -0.1) is 0 Å². The Bertz CT molecular complexity index is 1420. The molecule has 1 aliphatic carbocycles. The lowest BCUT2D eigenvalue weighted by atomic mass is 10.0. The Morgan fingerprint density at radius 2 is 1.60 bits per heavy atom. The van der Waals surface area contributed by atoms with E-state index in [0.29, 0.717) is 10.7 Å². The number of benzene rings is 4. The lowest BCUT2D eigenvalue weighted by Crippen LogP contribution is -2.11. The lowest BCUT2D eigenvalue weighted by Gasteiger charge is -2.04. The van der Waals surface area contributed by atoms with E-state index in [2.05, 4.69) is 41.7 Å². The Labute approximate surface area is 178 Å². The molecule has 144 valence electrons. The molecule has 0 radical (unpaired) electrons. The summed E-state index contributed by atoms with van der Waals surface area (Å²) < 4.78 is 1.13. The molecule has 0 aliphatic heterocycles. The Kier molecular flexibility index (Phi) is 3.93. The molecule has 0 saturated carbocycles. The van der Waals surface area contributed by atoms with Gasteiger partial charge in [0, 0.05) is 10.9 Å². The van der Waals surface area contributed by atoms with Gasteiger partial charge in [0.05, 0.1) is 10.2 Å². The van der Waals surface area contributed by atoms with Crippen molar-refractivity contribution in [2.45, 2.75) is 12.8 Å². The Morgan fingerprint density at radius 1 is 0.833 bits per heavy atom. The number of carbonyl (C=O) groups excluding carboxylic acids is 1. The molecule has 3 nitrogen and oxygen atoms in total. The van der Waals surface area contributed by atoms with Crippen molar-refractivity contribution in [1.29, 1.82) is 0 Å². The number of rotatable bonds is 3. The molecule has 1 heterocycles. The molecule has 0 saturated heterocycles. The van der Waals surface area contributed by atoms with Crippen LogP contribution in [0.25, 0.3) is 32.1 Å². The highest BCUT2D eigenvalue weighted by Crippen LogP contribution is 2.39. The Balaban J connectivity index is 1.31. The van der Waals surface area contributed by atoms with Gasteiger partial charge in [0.1, 0.15) is 0 Å². The van der Waals surface area contributed by atoms with Crippen molar-refractivity contribution in [2.75, 3.05) is 5.32 Å². The number of nitrogens with one attached hydrogen (secondary N) is 1. The van der Waals surface area contributed by atoms with Gasteiger partial charge in [-0.05, 0) is 58.7 Å². The third-order valence-corrected chi connectivity index (χ3v) is 6.74. The van der Waals surface area contributed by atoms with Gasteiger partial charge in [0.2, 0.25) is 0 Å². The standard InChI is InChI=1S/C26H18N2OS/c29-25(19-12-9-17(10-13-19)16-5-2-1-3-6-16)28-26-27-24-21-8-4-7-18-11-14-20(23(18)21)15-22(24)30-26/h1-10,12-13,15H,11,14H2,(H,27,28,29). The molecule has 0 fully saturated rings. The molecule has 30 heavy (non-hydrogen) atoms. The summed E-state index contributed by atoms with van der Waals surface area (Å²) in [5.41, 5.74) is 6.64. The molecule has 1 aromatic heterocycles. The van der Waals surface area contributed by atoms with E-state index in [9.17, 15) is 4.79 Å². The minimum atomic E-state index is -0.133. The highest BCUT2D eigenvalue weighted by Gasteiger charge is 2.19. The second kappa shape index (κ2) is 6.78. The molecule has 4 aromatic carbocycles. The van der Waals surface area contributed by atoms with Crippen molar-refractivity contribution in [3.8, 4) is 11.1 Å². The quantitative estimate of drug-likeness (QED) is 0.373. The normalized spacial score (nSPS) is 12.5. The second-order valence-electron chi connectivity index (χ2n) is 7.64. The zero-order valence-corrected chi connectivity index (χ0v) is 17.0. The number of fused-ring (bicyclic) bond motifs is 2. The number of anilines is 1. The molecular weight excluding hydrogens is 388 g/mol. The van der Waals surface area contributed by atoms with Crippen LogP contribution in [-0.2, 0) is 12.8 Å². The highest BCUT2D eigenvalue weighted by atomic mass is 32.1. The molecule has 0 atom stereocenters. The van der Waals surface area contributed by atoms with Gasteiger partial charge in [-0.2, -0.15) is 0 Å². The molecule has 1 N–H and O–H groups in total. The Morgan fingerprint density at radius 3 is 2.43 bits per heavy atom. The molecule has 1 amide bonds. The van der Waals surface area contributed by atoms with Crippen LogP contribution in [0.3, 0.4) is 0 Å². The van der Waals surface area contributed by atoms with Crippen molar-refractivity contribution in [2.24, 2.45) is 0 Å². The fourth-order valence-electron chi connectivity index (χ4n) is 4.37. The van der Waals surface area contributed by atoms with E-state index < -0.39 is 0 Å². The monoisotopic (exact) mass is 406 g/mol. The van der Waals surface area contributed by atoms with Gasteiger partial charge >= 0.3 is 0 Å². The maximum absolute atomic E-state index is 12.8. The molecule has 1 aliphatic rings. The predicted octanol–water partition coefficient (Wildman–Crippen LogP) is 6.47. The van der Waals surface area contributed by atoms with E-state index >= 15 is 0 Å². The van der Waals surface area contributed by atoms with Crippen LogP contribution in [0.5, 0.6) is 0 Å². The predicted molar refractivity (Wildman–Crippen MR) is 124 cm³/mol. The summed E-state index contributed by atoms with van der Waals surface area (Å²) in [6.45, 7) is 0. The molecule has 4 heteroatoms. The van der Waals surface area contributed by atoms with Gasteiger partial charge in [0.25, 0.3) is 5.91 Å². The van der Waals surface area contributed by atoms with Crippen LogP contribution in [0.15, 0.2) is 78.9 Å². The maximum Gasteiger partial charge on any atom is 0.257 e. The first-order valence-electron chi connectivity index (χ1n) is 10.1. The topological polar surface area (TPSA) is 42.0 Å². The summed E-state index contributed by atoms with van der Waals surface area (Å²) in [4.78, 5) is 17.6. The number of carbonyl (C=O) groups is 1. The van der Waals surface area contributed by atoms with E-state index in [1.165, 1.54) is 21.9 Å². The van der Waals surface area contributed by atoms with E-state index in [0.717, 1.165) is 34.2 Å². The summed E-state index contributed by atoms with van der Waals surface area (Å²) in [5, 5.41) is 6.18. The molecule has 0 bridgehead atoms. The average molecular weight is 407 g/mol. The maximum atomic E-state index is 12.8. The summed E-state index contributed by atoms with van der Waals surface area (Å²) in [6, 6.07) is 26.6. The van der Waals surface area contributed by atoms with Crippen LogP contribution < -0.4 is 5.32 Å². The van der Waals surface area contributed by atoms with Crippen molar-refractivity contribution in [3.63, 3.8) is 0 Å². The Hall–Kier alpha value is -3.50. The van der Waals surface area contributed by atoms with Crippen molar-refractivity contribution >= 4 is 43.4 Å². The van der Waals surface area contributed by atoms with Crippen LogP contribution in [0.1, 0.15) is 21.5 Å². The van der Waals surface area contributed by atoms with Gasteiger partial charge in [-0.3, -0.25) is 10.1 Å². The van der Waals surface area contributed by atoms with Crippen molar-refractivity contribution in [1.82, 2.24) is 4.98 Å². The van der Waals surface area contributed by atoms with E-state index in [-0.39, 0.29) is 5.91 Å². The van der Waals surface area contributed by atoms with Crippen LogP contribution in [0.4, 0.5) is 5.13 Å². The third-order valence-electron chi connectivity index (χ3n) is 5.82. The summed E-state index contributed by atoms with van der Waals surface area (Å²) in [6.07, 6.45) is 2.19. The van der Waals surface area contributed by atoms with E-state index in [1.54, 1.807) is 11.3 Å². The van der Waals surface area contributed by atoms with Gasteiger partial charge in [-0.1, -0.05) is 72.0 Å². The zero-order valence-electron chi connectivity index (χ0n) is 16.2. The van der Waals surface area contributed by atoms with Crippen LogP contribution in [0, 0.1) is 0 Å². The van der Waals surface area contributed by atoms with E-state index in [4.69, 9.17) is 4.98 Å². The molecule has 6 rings (SSSR count). The number of hydrogen-bond donors (Lipinski definition) is 1. The SMILES string of the molecule is O=C(Nc1nc2c(cc3c4c(cccc42)CC3)s1)c1ccc(-c2ccccc2)cc1. The molecular formula is C26H18N2OS. The third kappa shape index (κ3) is 2.80.